The van der Waals surface area contributed by atoms with Crippen LogP contribution < -0.4 is 5.32 Å². The second-order valence-corrected chi connectivity index (χ2v) is 7.07. The van der Waals surface area contributed by atoms with E-state index in [2.05, 4.69) is 5.32 Å². The molecule has 0 radical (unpaired) electrons. The number of hydrogen-bond acceptors (Lipinski definition) is 5. The van der Waals surface area contributed by atoms with Crippen molar-refractivity contribution >= 4 is 29.1 Å². The number of phenols is 1. The molecule has 3 aromatic carbocycles. The van der Waals surface area contributed by atoms with Crippen LogP contribution in [0.5, 0.6) is 5.75 Å². The highest BCUT2D eigenvalue weighted by Gasteiger charge is 2.21. The number of nitrogens with one attached hydrogen (secondary N) is 1. The van der Waals surface area contributed by atoms with E-state index >= 15 is 0 Å². The topological polar surface area (TPSA) is 81.9 Å². The van der Waals surface area contributed by atoms with Gasteiger partial charge in [0.15, 0.2) is 0 Å². The zero-order valence-electron chi connectivity index (χ0n) is 15.8. The van der Waals surface area contributed by atoms with Gasteiger partial charge in [0.05, 0.1) is 11.4 Å². The molecule has 29 heavy (non-hydrogen) atoms. The number of halogens is 1. The average molecular weight is 410 g/mol. The van der Waals surface area contributed by atoms with E-state index in [4.69, 9.17) is 10.1 Å². The van der Waals surface area contributed by atoms with Gasteiger partial charge < -0.3 is 15.5 Å². The van der Waals surface area contributed by atoms with Crippen LogP contribution in [0.3, 0.4) is 0 Å². The smallest absolute Gasteiger partial charge is 0.251 e. The number of benzene rings is 3. The first-order chi connectivity index (χ1) is 14.1. The number of aromatic hydroxyl groups is 1. The number of aliphatic hydroxyl groups is 1. The van der Waals surface area contributed by atoms with Crippen LogP contribution in [0, 0.1) is 5.82 Å². The Kier molecular flexibility index (Phi) is 6.31. The molecule has 0 atom stereocenters. The highest BCUT2D eigenvalue weighted by atomic mass is 32.2. The van der Waals surface area contributed by atoms with Crippen LogP contribution in [-0.4, -0.2) is 36.0 Å². The van der Waals surface area contributed by atoms with E-state index < -0.39 is 5.82 Å². The van der Waals surface area contributed by atoms with Gasteiger partial charge in [0, 0.05) is 46.7 Å². The van der Waals surface area contributed by atoms with Crippen molar-refractivity contribution in [2.24, 2.45) is 4.99 Å². The van der Waals surface area contributed by atoms with E-state index in [1.165, 1.54) is 23.9 Å². The monoisotopic (exact) mass is 410 g/mol. The van der Waals surface area contributed by atoms with Crippen LogP contribution in [0.1, 0.15) is 21.5 Å². The van der Waals surface area contributed by atoms with Crippen molar-refractivity contribution in [3.8, 4) is 5.75 Å². The number of carbonyl (C=O) groups is 1. The van der Waals surface area contributed by atoms with Crippen molar-refractivity contribution < 1.29 is 19.4 Å². The predicted molar refractivity (Wildman–Crippen MR) is 112 cm³/mol. The van der Waals surface area contributed by atoms with Crippen molar-refractivity contribution in [1.82, 2.24) is 5.32 Å². The molecule has 0 saturated heterocycles. The number of carbonyl (C=O) groups excluding carboxylic acids is 1. The van der Waals surface area contributed by atoms with Gasteiger partial charge in [0.2, 0.25) is 0 Å². The summed E-state index contributed by atoms with van der Waals surface area (Å²) in [6.07, 6.45) is 0. The van der Waals surface area contributed by atoms with E-state index in [0.717, 1.165) is 28.5 Å². The molecule has 0 unspecified atom stereocenters. The Balaban J connectivity index is 0.00000117. The van der Waals surface area contributed by atoms with Gasteiger partial charge in [-0.2, -0.15) is 0 Å². The number of fused-ring (bicyclic) bond motifs is 2. The summed E-state index contributed by atoms with van der Waals surface area (Å²) in [6.45, 7) is 0. The van der Waals surface area contributed by atoms with Gasteiger partial charge in [0.25, 0.3) is 5.91 Å². The molecule has 3 aromatic rings. The number of aliphatic imine (C=N–C) groups is 1. The van der Waals surface area contributed by atoms with Crippen LogP contribution in [0.15, 0.2) is 75.4 Å². The molecule has 1 amide bonds. The number of hydrogen-bond donors (Lipinski definition) is 3. The van der Waals surface area contributed by atoms with E-state index in [9.17, 15) is 14.3 Å². The van der Waals surface area contributed by atoms with Crippen LogP contribution in [0.4, 0.5) is 10.1 Å². The minimum atomic E-state index is -0.556. The Morgan fingerprint density at radius 3 is 2.48 bits per heavy atom. The predicted octanol–water partition coefficient (Wildman–Crippen LogP) is 4.13. The van der Waals surface area contributed by atoms with Gasteiger partial charge in [0.1, 0.15) is 11.6 Å². The third-order valence-corrected chi connectivity index (χ3v) is 5.39. The summed E-state index contributed by atoms with van der Waals surface area (Å²) >= 11 is 1.52. The molecule has 0 spiro atoms. The van der Waals surface area contributed by atoms with Crippen molar-refractivity contribution in [3.63, 3.8) is 0 Å². The molecule has 0 aromatic heterocycles. The quantitative estimate of drug-likeness (QED) is 0.464. The molecule has 1 aliphatic heterocycles. The molecule has 0 fully saturated rings. The number of nitrogens with zero attached hydrogens (tertiary/aromatic N) is 1. The molecular formula is C22H19FN2O3S. The maximum Gasteiger partial charge on any atom is 0.251 e. The van der Waals surface area contributed by atoms with Gasteiger partial charge >= 0.3 is 0 Å². The summed E-state index contributed by atoms with van der Waals surface area (Å²) in [5, 5.41) is 19.1. The molecule has 5 nitrogen and oxygen atoms in total. The lowest BCUT2D eigenvalue weighted by Gasteiger charge is -2.10. The maximum absolute atomic E-state index is 14.6. The normalized spacial score (nSPS) is 11.8. The number of rotatable bonds is 2. The summed E-state index contributed by atoms with van der Waals surface area (Å²) in [6, 6.07) is 16.9. The molecular weight excluding hydrogens is 391 g/mol. The van der Waals surface area contributed by atoms with Crippen molar-refractivity contribution in [2.45, 2.75) is 9.79 Å². The van der Waals surface area contributed by atoms with Crippen molar-refractivity contribution in [3.05, 3.63) is 83.2 Å². The first kappa shape index (κ1) is 20.6. The molecule has 0 saturated carbocycles. The van der Waals surface area contributed by atoms with E-state index in [-0.39, 0.29) is 11.7 Å². The fraction of sp³-hybridized carbons (Fsp3) is 0.0909. The molecule has 1 heterocycles. The van der Waals surface area contributed by atoms with Gasteiger partial charge in [-0.15, -0.1) is 0 Å². The SMILES string of the molecule is CNC(=O)c1ccc2c(c1)N=C(c1ccc(O)cc1F)c1ccccc1S2.CO. The van der Waals surface area contributed by atoms with E-state index in [1.54, 1.807) is 19.2 Å². The molecule has 0 aliphatic carbocycles. The van der Waals surface area contributed by atoms with Crippen LogP contribution in [0.25, 0.3) is 0 Å². The Morgan fingerprint density at radius 2 is 1.76 bits per heavy atom. The third-order valence-electron chi connectivity index (χ3n) is 4.25. The second kappa shape index (κ2) is 8.89. The summed E-state index contributed by atoms with van der Waals surface area (Å²) < 4.78 is 14.6. The first-order valence-corrected chi connectivity index (χ1v) is 9.54. The number of phenolic OH excluding ortho intramolecular Hbond substituents is 1. The molecule has 4 rings (SSSR count). The average Bonchev–Trinajstić information content (AvgIpc) is 2.91. The highest BCUT2D eigenvalue weighted by Crippen LogP contribution is 2.41. The van der Waals surface area contributed by atoms with E-state index in [1.807, 2.05) is 30.3 Å². The number of aliphatic hydroxyl groups excluding tert-OH is 1. The van der Waals surface area contributed by atoms with Gasteiger partial charge in [-0.3, -0.25) is 4.79 Å². The Morgan fingerprint density at radius 1 is 1.00 bits per heavy atom. The second-order valence-electron chi connectivity index (χ2n) is 5.98. The molecule has 7 heteroatoms. The minimum Gasteiger partial charge on any atom is -0.508 e. The van der Waals surface area contributed by atoms with Crippen molar-refractivity contribution in [2.75, 3.05) is 14.2 Å². The molecule has 1 aliphatic rings. The standard InChI is InChI=1S/C21H15FN2O2S.CH4O/c1-23-21(26)12-6-9-19-17(10-12)24-20(14-8-7-13(25)11-16(14)22)15-4-2-3-5-18(15)27-19;1-2/h2-11,25H,1H3,(H,23,26);2H,1H3. The van der Waals surface area contributed by atoms with Crippen LogP contribution in [-0.2, 0) is 0 Å². The van der Waals surface area contributed by atoms with Crippen LogP contribution in [0.2, 0.25) is 0 Å². The van der Waals surface area contributed by atoms with Gasteiger partial charge in [-0.1, -0.05) is 30.0 Å². The highest BCUT2D eigenvalue weighted by molar-refractivity contribution is 7.99. The van der Waals surface area contributed by atoms with Crippen LogP contribution >= 0.6 is 11.8 Å². The molecule has 148 valence electrons. The Hall–Kier alpha value is -3.16. The summed E-state index contributed by atoms with van der Waals surface area (Å²) in [5.74, 6) is -0.910. The van der Waals surface area contributed by atoms with Crippen molar-refractivity contribution in [1.29, 1.82) is 0 Å². The Bertz CT molecular complexity index is 1100. The minimum absolute atomic E-state index is 0.143. The molecule has 3 N–H and O–H groups in total. The number of amides is 1. The third kappa shape index (κ3) is 4.16. The largest absolute Gasteiger partial charge is 0.508 e. The summed E-state index contributed by atoms with van der Waals surface area (Å²) in [4.78, 5) is 18.5. The van der Waals surface area contributed by atoms with Gasteiger partial charge in [-0.05, 0) is 36.4 Å². The lowest BCUT2D eigenvalue weighted by Crippen LogP contribution is -2.17. The fourth-order valence-electron chi connectivity index (χ4n) is 2.93. The first-order valence-electron chi connectivity index (χ1n) is 8.72. The van der Waals surface area contributed by atoms with Gasteiger partial charge in [-0.25, -0.2) is 9.38 Å². The summed E-state index contributed by atoms with van der Waals surface area (Å²) in [5.41, 5.74) is 2.63. The fourth-order valence-corrected chi connectivity index (χ4v) is 3.93. The maximum atomic E-state index is 14.6. The summed E-state index contributed by atoms with van der Waals surface area (Å²) in [7, 11) is 2.57. The Labute approximate surface area is 171 Å². The van der Waals surface area contributed by atoms with E-state index in [0.29, 0.717) is 22.5 Å². The zero-order chi connectivity index (χ0) is 21.0. The zero-order valence-corrected chi connectivity index (χ0v) is 16.6. The lowest BCUT2D eigenvalue weighted by atomic mass is 10.0. The lowest BCUT2D eigenvalue weighted by molar-refractivity contribution is 0.0963. The molecule has 0 bridgehead atoms.